The molecule has 0 aliphatic heterocycles. The maximum atomic E-state index is 12.5. The number of furan rings is 1. The maximum Gasteiger partial charge on any atom is 0.292 e. The van der Waals surface area contributed by atoms with Crippen molar-refractivity contribution in [2.45, 2.75) is 13.1 Å². The van der Waals surface area contributed by atoms with Crippen molar-refractivity contribution in [1.82, 2.24) is 30.0 Å². The Labute approximate surface area is 181 Å². The van der Waals surface area contributed by atoms with Crippen LogP contribution in [0.4, 0.5) is 5.82 Å². The van der Waals surface area contributed by atoms with Crippen molar-refractivity contribution < 1.29 is 14.0 Å². The molecule has 4 aromatic heterocycles. The molecule has 0 radical (unpaired) electrons. The molecule has 0 fully saturated rings. The summed E-state index contributed by atoms with van der Waals surface area (Å²) in [5.74, 6) is 0.170. The van der Waals surface area contributed by atoms with E-state index < -0.39 is 11.7 Å². The smallest absolute Gasteiger partial charge is 0.292 e. The summed E-state index contributed by atoms with van der Waals surface area (Å²) < 4.78 is 6.98. The molecule has 0 atom stereocenters. The molecule has 4 heterocycles. The zero-order chi connectivity index (χ0) is 21.9. The third kappa shape index (κ3) is 3.69. The Hall–Kier alpha value is -4.47. The van der Waals surface area contributed by atoms with E-state index in [1.807, 2.05) is 30.3 Å². The van der Waals surface area contributed by atoms with Gasteiger partial charge in [-0.3, -0.25) is 9.59 Å². The first-order valence-corrected chi connectivity index (χ1v) is 10.0. The molecular formula is C22H19N7O3. The summed E-state index contributed by atoms with van der Waals surface area (Å²) in [6.45, 7) is 1.06. The van der Waals surface area contributed by atoms with Crippen LogP contribution in [0.1, 0.15) is 16.1 Å². The third-order valence-corrected chi connectivity index (χ3v) is 5.09. The van der Waals surface area contributed by atoms with Crippen molar-refractivity contribution >= 4 is 39.4 Å². The molecule has 0 unspecified atom stereocenters. The van der Waals surface area contributed by atoms with Gasteiger partial charge in [-0.1, -0.05) is 18.2 Å². The molecular weight excluding hydrogens is 410 g/mol. The number of rotatable bonds is 8. The van der Waals surface area contributed by atoms with E-state index in [0.29, 0.717) is 30.1 Å². The molecule has 10 nitrogen and oxygen atoms in total. The van der Waals surface area contributed by atoms with Gasteiger partial charge in [0.2, 0.25) is 0 Å². The number of carbonyl (C=O) groups is 2. The minimum Gasteiger partial charge on any atom is -0.467 e. The van der Waals surface area contributed by atoms with Crippen LogP contribution in [0.15, 0.2) is 65.8 Å². The molecule has 0 bridgehead atoms. The number of hydrogen-bond acceptors (Lipinski definition) is 7. The van der Waals surface area contributed by atoms with E-state index in [4.69, 9.17) is 4.42 Å². The highest BCUT2D eigenvalue weighted by Gasteiger charge is 2.19. The van der Waals surface area contributed by atoms with Crippen molar-refractivity contribution in [3.8, 4) is 0 Å². The van der Waals surface area contributed by atoms with Gasteiger partial charge in [-0.25, -0.2) is 14.6 Å². The van der Waals surface area contributed by atoms with Crippen LogP contribution >= 0.6 is 0 Å². The number of nitrogens with zero attached hydrogens (tertiary/aromatic N) is 4. The van der Waals surface area contributed by atoms with E-state index in [1.54, 1.807) is 29.4 Å². The van der Waals surface area contributed by atoms with Gasteiger partial charge < -0.3 is 20.0 Å². The Morgan fingerprint density at radius 2 is 2.00 bits per heavy atom. The first-order chi connectivity index (χ1) is 15.7. The van der Waals surface area contributed by atoms with Crippen LogP contribution in [0.5, 0.6) is 0 Å². The Morgan fingerprint density at radius 3 is 2.88 bits per heavy atom. The zero-order valence-electron chi connectivity index (χ0n) is 16.9. The monoisotopic (exact) mass is 429 g/mol. The summed E-state index contributed by atoms with van der Waals surface area (Å²) in [7, 11) is 0. The molecule has 10 heteroatoms. The van der Waals surface area contributed by atoms with E-state index in [1.165, 1.54) is 6.33 Å². The van der Waals surface area contributed by atoms with E-state index in [-0.39, 0.29) is 6.54 Å². The molecule has 5 rings (SSSR count). The number of amides is 1. The SMILES string of the molecule is O=C(NCCn1ncc2c(NCc3ccco3)ncnc21)C(=O)c1c[nH]c2ccccc12. The predicted octanol–water partition coefficient (Wildman–Crippen LogP) is 2.51. The number of H-pyrrole nitrogens is 1. The molecule has 32 heavy (non-hydrogen) atoms. The first-order valence-electron chi connectivity index (χ1n) is 10.0. The number of nitrogens with one attached hydrogen (secondary N) is 3. The summed E-state index contributed by atoms with van der Waals surface area (Å²) in [6.07, 6.45) is 6.28. The van der Waals surface area contributed by atoms with Gasteiger partial charge in [0, 0.05) is 23.6 Å². The van der Waals surface area contributed by atoms with Crippen LogP contribution in [0, 0.1) is 0 Å². The van der Waals surface area contributed by atoms with Gasteiger partial charge in [0.05, 0.1) is 36.5 Å². The number of Topliss-reactive ketones (excluding diaryl/α,β-unsaturated/α-hetero) is 1. The van der Waals surface area contributed by atoms with Gasteiger partial charge in [0.15, 0.2) is 5.65 Å². The second kappa shape index (κ2) is 8.34. The van der Waals surface area contributed by atoms with Crippen LogP contribution in [-0.4, -0.2) is 43.0 Å². The normalized spacial score (nSPS) is 11.1. The van der Waals surface area contributed by atoms with E-state index >= 15 is 0 Å². The lowest BCUT2D eigenvalue weighted by Crippen LogP contribution is -2.33. The Balaban J connectivity index is 1.23. The number of hydrogen-bond donors (Lipinski definition) is 3. The number of benzene rings is 1. The molecule has 0 saturated heterocycles. The van der Waals surface area contributed by atoms with Gasteiger partial charge in [0.25, 0.3) is 11.7 Å². The highest BCUT2D eigenvalue weighted by Crippen LogP contribution is 2.20. The fourth-order valence-corrected chi connectivity index (χ4v) is 3.52. The largest absolute Gasteiger partial charge is 0.467 e. The zero-order valence-corrected chi connectivity index (χ0v) is 16.9. The van der Waals surface area contributed by atoms with E-state index in [0.717, 1.165) is 22.0 Å². The van der Waals surface area contributed by atoms with Crippen LogP contribution in [-0.2, 0) is 17.9 Å². The summed E-state index contributed by atoms with van der Waals surface area (Å²) in [6, 6.07) is 11.0. The van der Waals surface area contributed by atoms with Crippen molar-refractivity contribution in [2.24, 2.45) is 0 Å². The fraction of sp³-hybridized carbons (Fsp3) is 0.136. The number of anilines is 1. The highest BCUT2D eigenvalue weighted by atomic mass is 16.3. The van der Waals surface area contributed by atoms with Crippen molar-refractivity contribution in [1.29, 1.82) is 0 Å². The Bertz CT molecular complexity index is 1400. The molecule has 1 aromatic carbocycles. The van der Waals surface area contributed by atoms with Gasteiger partial charge in [-0.2, -0.15) is 5.10 Å². The van der Waals surface area contributed by atoms with E-state index in [9.17, 15) is 9.59 Å². The lowest BCUT2D eigenvalue weighted by atomic mass is 10.1. The van der Waals surface area contributed by atoms with Crippen molar-refractivity contribution in [3.63, 3.8) is 0 Å². The number of aromatic nitrogens is 5. The summed E-state index contributed by atoms with van der Waals surface area (Å²) in [4.78, 5) is 36.5. The lowest BCUT2D eigenvalue weighted by molar-refractivity contribution is -0.117. The average Bonchev–Trinajstić information content (AvgIpc) is 3.57. The number of para-hydroxylation sites is 1. The second-order valence-electron chi connectivity index (χ2n) is 7.09. The number of aromatic amines is 1. The van der Waals surface area contributed by atoms with Gasteiger partial charge >= 0.3 is 0 Å². The summed E-state index contributed by atoms with van der Waals surface area (Å²) in [5.41, 5.74) is 1.78. The second-order valence-corrected chi connectivity index (χ2v) is 7.09. The van der Waals surface area contributed by atoms with Gasteiger partial charge in [-0.05, 0) is 18.2 Å². The molecule has 0 aliphatic carbocycles. The summed E-state index contributed by atoms with van der Waals surface area (Å²) in [5, 5.41) is 11.7. The Morgan fingerprint density at radius 1 is 1.09 bits per heavy atom. The Kier molecular flexibility index (Phi) is 5.08. The molecule has 5 aromatic rings. The standard InChI is InChI=1S/C22H19N7O3/c30-19(16-11-24-18-6-2-1-5-15(16)18)22(31)23-7-8-29-21-17(12-28-29)20(26-13-27-21)25-10-14-4-3-9-32-14/h1-6,9,11-13,24H,7-8,10H2,(H,23,31)(H,25,26,27). The molecule has 0 saturated carbocycles. The topological polar surface area (TPSA) is 131 Å². The van der Waals surface area contributed by atoms with Crippen LogP contribution < -0.4 is 10.6 Å². The molecule has 1 amide bonds. The third-order valence-electron chi connectivity index (χ3n) is 5.09. The quantitative estimate of drug-likeness (QED) is 0.255. The maximum absolute atomic E-state index is 12.5. The molecule has 3 N–H and O–H groups in total. The summed E-state index contributed by atoms with van der Waals surface area (Å²) >= 11 is 0. The first kappa shape index (κ1) is 19.5. The van der Waals surface area contributed by atoms with Crippen LogP contribution in [0.2, 0.25) is 0 Å². The minimum absolute atomic E-state index is 0.225. The molecule has 160 valence electrons. The lowest BCUT2D eigenvalue weighted by Gasteiger charge is -2.07. The highest BCUT2D eigenvalue weighted by molar-refractivity contribution is 6.44. The van der Waals surface area contributed by atoms with Crippen molar-refractivity contribution in [2.75, 3.05) is 11.9 Å². The average molecular weight is 429 g/mol. The minimum atomic E-state index is -0.665. The molecule has 0 spiro atoms. The fourth-order valence-electron chi connectivity index (χ4n) is 3.52. The van der Waals surface area contributed by atoms with Crippen molar-refractivity contribution in [3.05, 3.63) is 72.7 Å². The van der Waals surface area contributed by atoms with Crippen LogP contribution in [0.25, 0.3) is 21.9 Å². The van der Waals surface area contributed by atoms with Gasteiger partial charge in [-0.15, -0.1) is 0 Å². The van der Waals surface area contributed by atoms with Gasteiger partial charge in [0.1, 0.15) is 17.9 Å². The molecule has 0 aliphatic rings. The number of fused-ring (bicyclic) bond motifs is 2. The van der Waals surface area contributed by atoms with E-state index in [2.05, 4.69) is 30.7 Å². The predicted molar refractivity (Wildman–Crippen MR) is 117 cm³/mol. The van der Waals surface area contributed by atoms with Crippen LogP contribution in [0.3, 0.4) is 0 Å². The number of carbonyl (C=O) groups excluding carboxylic acids is 2. The number of ketones is 1.